The van der Waals surface area contributed by atoms with Crippen molar-refractivity contribution in [2.24, 2.45) is 0 Å². The molecule has 0 aliphatic carbocycles. The summed E-state index contributed by atoms with van der Waals surface area (Å²) in [5.74, 6) is 0. The van der Waals surface area contributed by atoms with Crippen molar-refractivity contribution in [2.75, 3.05) is 0 Å². The number of rotatable bonds is 1. The SMILES string of the molecule is Cc1cnc2[nH]c3c(C)cc(-c4ccccc4)cc3c2c1. The van der Waals surface area contributed by atoms with Crippen LogP contribution in [0.25, 0.3) is 33.1 Å². The summed E-state index contributed by atoms with van der Waals surface area (Å²) >= 11 is 0. The maximum Gasteiger partial charge on any atom is 0.138 e. The Morgan fingerprint density at radius 1 is 0.857 bits per heavy atom. The van der Waals surface area contributed by atoms with E-state index in [0.29, 0.717) is 0 Å². The van der Waals surface area contributed by atoms with E-state index in [0.717, 1.165) is 5.65 Å². The van der Waals surface area contributed by atoms with Crippen LogP contribution in [0.5, 0.6) is 0 Å². The molecule has 4 aromatic rings. The molecule has 0 radical (unpaired) electrons. The number of hydrogen-bond acceptors (Lipinski definition) is 1. The van der Waals surface area contributed by atoms with Crippen molar-refractivity contribution in [3.05, 3.63) is 65.9 Å². The number of fused-ring (bicyclic) bond motifs is 3. The number of nitrogens with zero attached hydrogens (tertiary/aromatic N) is 1. The molecule has 0 atom stereocenters. The predicted octanol–water partition coefficient (Wildman–Crippen LogP) is 5.00. The number of aryl methyl sites for hydroxylation is 2. The van der Waals surface area contributed by atoms with Gasteiger partial charge in [0.1, 0.15) is 5.65 Å². The van der Waals surface area contributed by atoms with Gasteiger partial charge in [0.2, 0.25) is 0 Å². The van der Waals surface area contributed by atoms with Gasteiger partial charge in [0, 0.05) is 17.0 Å². The lowest BCUT2D eigenvalue weighted by Gasteiger charge is -2.05. The highest BCUT2D eigenvalue weighted by molar-refractivity contribution is 6.08. The molecule has 21 heavy (non-hydrogen) atoms. The van der Waals surface area contributed by atoms with Crippen LogP contribution >= 0.6 is 0 Å². The van der Waals surface area contributed by atoms with Crippen LogP contribution in [0.1, 0.15) is 11.1 Å². The van der Waals surface area contributed by atoms with Gasteiger partial charge in [-0.25, -0.2) is 4.98 Å². The molecule has 0 bridgehead atoms. The molecule has 1 N–H and O–H groups in total. The van der Waals surface area contributed by atoms with E-state index in [4.69, 9.17) is 0 Å². The Balaban J connectivity index is 2.08. The maximum absolute atomic E-state index is 4.51. The summed E-state index contributed by atoms with van der Waals surface area (Å²) in [6, 6.07) is 17.2. The Labute approximate surface area is 123 Å². The lowest BCUT2D eigenvalue weighted by atomic mass is 10.00. The summed E-state index contributed by atoms with van der Waals surface area (Å²) in [6.07, 6.45) is 1.91. The normalized spacial score (nSPS) is 11.3. The average Bonchev–Trinajstić information content (AvgIpc) is 2.87. The zero-order valence-electron chi connectivity index (χ0n) is 12.1. The van der Waals surface area contributed by atoms with E-state index in [1.807, 2.05) is 12.3 Å². The van der Waals surface area contributed by atoms with Gasteiger partial charge in [0.05, 0.1) is 5.52 Å². The summed E-state index contributed by atoms with van der Waals surface area (Å²) in [4.78, 5) is 7.95. The first-order valence-corrected chi connectivity index (χ1v) is 7.16. The third-order valence-corrected chi connectivity index (χ3v) is 4.00. The molecule has 2 heterocycles. The van der Waals surface area contributed by atoms with Crippen LogP contribution in [0.3, 0.4) is 0 Å². The number of aromatic nitrogens is 2. The molecule has 2 aromatic heterocycles. The minimum atomic E-state index is 0.962. The van der Waals surface area contributed by atoms with Gasteiger partial charge in [-0.05, 0) is 54.3 Å². The maximum atomic E-state index is 4.51. The van der Waals surface area contributed by atoms with Crippen LogP contribution in [0.4, 0.5) is 0 Å². The molecule has 0 saturated carbocycles. The lowest BCUT2D eigenvalue weighted by Crippen LogP contribution is -1.81. The summed E-state index contributed by atoms with van der Waals surface area (Å²) in [5.41, 5.74) is 7.08. The zero-order valence-corrected chi connectivity index (χ0v) is 12.1. The molecule has 2 heteroatoms. The zero-order chi connectivity index (χ0) is 14.4. The van der Waals surface area contributed by atoms with E-state index in [9.17, 15) is 0 Å². The van der Waals surface area contributed by atoms with Crippen LogP contribution in [0.15, 0.2) is 54.7 Å². The molecule has 2 nitrogen and oxygen atoms in total. The number of pyridine rings is 1. The topological polar surface area (TPSA) is 28.7 Å². The monoisotopic (exact) mass is 272 g/mol. The molecule has 0 amide bonds. The summed E-state index contributed by atoms with van der Waals surface area (Å²) in [5, 5.41) is 2.45. The Morgan fingerprint density at radius 2 is 1.67 bits per heavy atom. The Hall–Kier alpha value is -2.61. The standard InChI is InChI=1S/C19H16N2/c1-12-8-17-16-10-15(14-6-4-3-5-7-14)9-13(2)18(16)21-19(17)20-11-12/h3-11H,1-2H3,(H,20,21). The van der Waals surface area contributed by atoms with E-state index < -0.39 is 0 Å². The molecule has 4 rings (SSSR count). The van der Waals surface area contributed by atoms with Crippen molar-refractivity contribution in [1.82, 2.24) is 9.97 Å². The van der Waals surface area contributed by atoms with Crippen molar-refractivity contribution in [3.63, 3.8) is 0 Å². The van der Waals surface area contributed by atoms with Gasteiger partial charge >= 0.3 is 0 Å². The second-order valence-corrected chi connectivity index (χ2v) is 5.62. The van der Waals surface area contributed by atoms with Crippen molar-refractivity contribution in [3.8, 4) is 11.1 Å². The van der Waals surface area contributed by atoms with Crippen LogP contribution < -0.4 is 0 Å². The molecular weight excluding hydrogens is 256 g/mol. The Kier molecular flexibility index (Phi) is 2.58. The first-order valence-electron chi connectivity index (χ1n) is 7.16. The summed E-state index contributed by atoms with van der Waals surface area (Å²) < 4.78 is 0. The van der Waals surface area contributed by atoms with Gasteiger partial charge in [0.15, 0.2) is 0 Å². The highest BCUT2D eigenvalue weighted by Gasteiger charge is 2.10. The molecular formula is C19H16N2. The van der Waals surface area contributed by atoms with Crippen LogP contribution in [0, 0.1) is 13.8 Å². The fourth-order valence-corrected chi connectivity index (χ4v) is 2.96. The second-order valence-electron chi connectivity index (χ2n) is 5.62. The van der Waals surface area contributed by atoms with E-state index in [1.54, 1.807) is 0 Å². The molecule has 0 saturated heterocycles. The number of hydrogen-bond donors (Lipinski definition) is 1. The summed E-state index contributed by atoms with van der Waals surface area (Å²) in [6.45, 7) is 4.23. The van der Waals surface area contributed by atoms with Gasteiger partial charge in [-0.15, -0.1) is 0 Å². The largest absolute Gasteiger partial charge is 0.339 e. The summed E-state index contributed by atoms with van der Waals surface area (Å²) in [7, 11) is 0. The molecule has 0 aliphatic rings. The Bertz CT molecular complexity index is 950. The third kappa shape index (κ3) is 1.91. The lowest BCUT2D eigenvalue weighted by molar-refractivity contribution is 1.29. The van der Waals surface area contributed by atoms with Crippen molar-refractivity contribution in [1.29, 1.82) is 0 Å². The minimum absolute atomic E-state index is 0.962. The second kappa shape index (κ2) is 4.45. The van der Waals surface area contributed by atoms with Gasteiger partial charge in [-0.1, -0.05) is 30.3 Å². The van der Waals surface area contributed by atoms with Crippen LogP contribution in [0.2, 0.25) is 0 Å². The molecule has 0 fully saturated rings. The predicted molar refractivity (Wildman–Crippen MR) is 88.5 cm³/mol. The number of benzene rings is 2. The van der Waals surface area contributed by atoms with E-state index in [1.165, 1.54) is 38.5 Å². The van der Waals surface area contributed by atoms with Crippen molar-refractivity contribution < 1.29 is 0 Å². The van der Waals surface area contributed by atoms with Crippen LogP contribution in [-0.2, 0) is 0 Å². The third-order valence-electron chi connectivity index (χ3n) is 4.00. The highest BCUT2D eigenvalue weighted by atomic mass is 14.8. The fourth-order valence-electron chi connectivity index (χ4n) is 2.96. The van der Waals surface area contributed by atoms with Crippen molar-refractivity contribution >= 4 is 21.9 Å². The van der Waals surface area contributed by atoms with Gasteiger partial charge in [-0.3, -0.25) is 0 Å². The first kappa shape index (κ1) is 12.2. The molecule has 0 spiro atoms. The smallest absolute Gasteiger partial charge is 0.138 e. The van der Waals surface area contributed by atoms with Crippen LogP contribution in [-0.4, -0.2) is 9.97 Å². The van der Waals surface area contributed by atoms with E-state index >= 15 is 0 Å². The molecule has 102 valence electrons. The average molecular weight is 272 g/mol. The van der Waals surface area contributed by atoms with Gasteiger partial charge in [0.25, 0.3) is 0 Å². The number of nitrogens with one attached hydrogen (secondary N) is 1. The highest BCUT2D eigenvalue weighted by Crippen LogP contribution is 2.32. The Morgan fingerprint density at radius 3 is 2.48 bits per heavy atom. The van der Waals surface area contributed by atoms with E-state index in [2.05, 4.69) is 66.3 Å². The fraction of sp³-hybridized carbons (Fsp3) is 0.105. The van der Waals surface area contributed by atoms with Crippen molar-refractivity contribution in [2.45, 2.75) is 13.8 Å². The first-order chi connectivity index (χ1) is 10.2. The molecule has 2 aromatic carbocycles. The molecule has 0 unspecified atom stereocenters. The number of H-pyrrole nitrogens is 1. The molecule has 0 aliphatic heterocycles. The van der Waals surface area contributed by atoms with Gasteiger partial charge in [-0.2, -0.15) is 0 Å². The van der Waals surface area contributed by atoms with Gasteiger partial charge < -0.3 is 4.98 Å². The van der Waals surface area contributed by atoms with E-state index in [-0.39, 0.29) is 0 Å². The minimum Gasteiger partial charge on any atom is -0.339 e. The quantitative estimate of drug-likeness (QED) is 0.519. The number of aromatic amines is 1.